The van der Waals surface area contributed by atoms with Gasteiger partial charge in [0.05, 0.1) is 6.54 Å². The van der Waals surface area contributed by atoms with Crippen molar-refractivity contribution in [3.8, 4) is 0 Å². The first kappa shape index (κ1) is 23.9. The number of benzene rings is 2. The van der Waals surface area contributed by atoms with Crippen molar-refractivity contribution in [2.45, 2.75) is 52.1 Å². The molecule has 0 saturated carbocycles. The van der Waals surface area contributed by atoms with Crippen LogP contribution in [0.1, 0.15) is 42.6 Å². The molecule has 3 aromatic rings. The summed E-state index contributed by atoms with van der Waals surface area (Å²) in [5.41, 5.74) is 2.15. The monoisotopic (exact) mass is 514 g/mol. The Labute approximate surface area is 203 Å². The second-order valence-corrected chi connectivity index (χ2v) is 9.91. The van der Waals surface area contributed by atoms with E-state index in [0.717, 1.165) is 73.2 Å². The smallest absolute Gasteiger partial charge is 0.303 e. The van der Waals surface area contributed by atoms with Crippen LogP contribution in [0.5, 0.6) is 0 Å². The van der Waals surface area contributed by atoms with Crippen LogP contribution in [0.25, 0.3) is 0 Å². The molecule has 1 fully saturated rings. The van der Waals surface area contributed by atoms with Gasteiger partial charge in [-0.2, -0.15) is 5.10 Å². The van der Waals surface area contributed by atoms with E-state index in [1.807, 2.05) is 37.3 Å². The number of likely N-dealkylation sites (tertiary alicyclic amines) is 1. The van der Waals surface area contributed by atoms with Gasteiger partial charge in [-0.05, 0) is 93.9 Å². The van der Waals surface area contributed by atoms with Crippen LogP contribution in [0, 0.1) is 18.7 Å². The fraction of sp³-hybridized carbons (Fsp3) is 0.462. The van der Waals surface area contributed by atoms with Crippen molar-refractivity contribution in [1.82, 2.24) is 19.2 Å². The van der Waals surface area contributed by atoms with E-state index in [1.54, 1.807) is 21.4 Å². The molecule has 5 nitrogen and oxygen atoms in total. The summed E-state index contributed by atoms with van der Waals surface area (Å²) in [7, 11) is 0. The summed E-state index contributed by atoms with van der Waals surface area (Å²) in [6.45, 7) is 6.34. The third kappa shape index (κ3) is 6.42. The molecule has 4 rings (SSSR count). The number of halogens is 2. The lowest BCUT2D eigenvalue weighted by Gasteiger charge is -2.32. The van der Waals surface area contributed by atoms with Gasteiger partial charge in [0.25, 0.3) is 0 Å². The zero-order chi connectivity index (χ0) is 23.2. The molecule has 0 bridgehead atoms. The van der Waals surface area contributed by atoms with Gasteiger partial charge in [0, 0.05) is 11.0 Å². The van der Waals surface area contributed by atoms with Crippen LogP contribution < -0.4 is 5.69 Å². The standard InChI is InChI=1S/C26H32BrFN4O/c1-20-29-32(26(33)31(20)19-22-7-3-2-4-8-22)14-6-5-13-30-15-11-21(12-16-30)17-23-18-24(28)9-10-25(23)27/h2-4,7-10,18,21H,5-6,11-17,19H2,1H3. The van der Waals surface area contributed by atoms with Gasteiger partial charge >= 0.3 is 5.69 Å². The van der Waals surface area contributed by atoms with E-state index in [2.05, 4.69) is 25.9 Å². The molecule has 7 heteroatoms. The Bertz CT molecular complexity index is 1100. The van der Waals surface area contributed by atoms with Gasteiger partial charge in [0.1, 0.15) is 11.6 Å². The van der Waals surface area contributed by atoms with Crippen LogP contribution in [0.3, 0.4) is 0 Å². The van der Waals surface area contributed by atoms with Gasteiger partial charge in [-0.15, -0.1) is 0 Å². The molecule has 0 N–H and O–H groups in total. The fourth-order valence-electron chi connectivity index (χ4n) is 4.66. The second-order valence-electron chi connectivity index (χ2n) is 9.06. The molecule has 0 aliphatic carbocycles. The van der Waals surface area contributed by atoms with E-state index in [0.29, 0.717) is 19.0 Å². The molecule has 176 valence electrons. The van der Waals surface area contributed by atoms with Gasteiger partial charge in [0.15, 0.2) is 0 Å². The number of nitrogens with zero attached hydrogens (tertiary/aromatic N) is 4. The van der Waals surface area contributed by atoms with Gasteiger partial charge in [-0.3, -0.25) is 4.57 Å². The summed E-state index contributed by atoms with van der Waals surface area (Å²) in [5.74, 6) is 1.20. The lowest BCUT2D eigenvalue weighted by molar-refractivity contribution is 0.180. The number of hydrogen-bond donors (Lipinski definition) is 0. The fourth-order valence-corrected chi connectivity index (χ4v) is 5.07. The van der Waals surface area contributed by atoms with Crippen LogP contribution in [-0.4, -0.2) is 38.9 Å². The molecule has 0 unspecified atom stereocenters. The summed E-state index contributed by atoms with van der Waals surface area (Å²) < 4.78 is 17.9. The molecule has 1 aliphatic heterocycles. The largest absolute Gasteiger partial charge is 0.346 e. The zero-order valence-electron chi connectivity index (χ0n) is 19.2. The molecule has 1 aliphatic rings. The van der Waals surface area contributed by atoms with Crippen molar-refractivity contribution in [1.29, 1.82) is 0 Å². The van der Waals surface area contributed by atoms with Crippen molar-refractivity contribution in [2.24, 2.45) is 5.92 Å². The highest BCUT2D eigenvalue weighted by Gasteiger charge is 2.20. The number of rotatable bonds is 9. The first-order valence-electron chi connectivity index (χ1n) is 11.8. The van der Waals surface area contributed by atoms with E-state index < -0.39 is 0 Å². The van der Waals surface area contributed by atoms with Crippen molar-refractivity contribution in [2.75, 3.05) is 19.6 Å². The molecule has 1 aromatic heterocycles. The molecule has 0 radical (unpaired) electrons. The predicted molar refractivity (Wildman–Crippen MR) is 133 cm³/mol. The van der Waals surface area contributed by atoms with Gasteiger partial charge in [0.2, 0.25) is 0 Å². The van der Waals surface area contributed by atoms with Gasteiger partial charge in [-0.1, -0.05) is 46.3 Å². The van der Waals surface area contributed by atoms with Gasteiger partial charge in [-0.25, -0.2) is 13.9 Å². The molecule has 2 aromatic carbocycles. The van der Waals surface area contributed by atoms with Crippen LogP contribution in [-0.2, 0) is 19.5 Å². The molecule has 0 amide bonds. The van der Waals surface area contributed by atoms with E-state index in [4.69, 9.17) is 0 Å². The Morgan fingerprint density at radius 1 is 1.06 bits per heavy atom. The molecular weight excluding hydrogens is 483 g/mol. The van der Waals surface area contributed by atoms with Crippen molar-refractivity contribution in [3.05, 3.63) is 86.3 Å². The van der Waals surface area contributed by atoms with E-state index in [9.17, 15) is 9.18 Å². The Balaban J connectivity index is 1.19. The highest BCUT2D eigenvalue weighted by atomic mass is 79.9. The Morgan fingerprint density at radius 3 is 2.55 bits per heavy atom. The van der Waals surface area contributed by atoms with Crippen LogP contribution >= 0.6 is 15.9 Å². The maximum Gasteiger partial charge on any atom is 0.346 e. The summed E-state index contributed by atoms with van der Waals surface area (Å²) in [5, 5.41) is 4.48. The number of hydrogen-bond acceptors (Lipinski definition) is 3. The predicted octanol–water partition coefficient (Wildman–Crippen LogP) is 5.04. The van der Waals surface area contributed by atoms with Crippen LogP contribution in [0.15, 0.2) is 57.8 Å². The minimum absolute atomic E-state index is 0.0272. The zero-order valence-corrected chi connectivity index (χ0v) is 20.8. The van der Waals surface area contributed by atoms with E-state index in [-0.39, 0.29) is 11.5 Å². The Morgan fingerprint density at radius 2 is 1.79 bits per heavy atom. The minimum atomic E-state index is -0.162. The minimum Gasteiger partial charge on any atom is -0.303 e. The first-order valence-corrected chi connectivity index (χ1v) is 12.6. The van der Waals surface area contributed by atoms with Crippen molar-refractivity contribution < 1.29 is 4.39 Å². The Hall–Kier alpha value is -2.25. The second kappa shape index (κ2) is 11.3. The highest BCUT2D eigenvalue weighted by Crippen LogP contribution is 2.26. The van der Waals surface area contributed by atoms with Crippen LogP contribution in [0.2, 0.25) is 0 Å². The molecule has 2 heterocycles. The molecule has 0 atom stereocenters. The summed E-state index contributed by atoms with van der Waals surface area (Å²) in [4.78, 5) is 15.3. The topological polar surface area (TPSA) is 43.1 Å². The summed E-state index contributed by atoms with van der Waals surface area (Å²) >= 11 is 3.55. The van der Waals surface area contributed by atoms with E-state index >= 15 is 0 Å². The third-order valence-corrected chi connectivity index (χ3v) is 7.38. The average molecular weight is 515 g/mol. The maximum absolute atomic E-state index is 13.5. The third-order valence-electron chi connectivity index (χ3n) is 6.61. The van der Waals surface area contributed by atoms with E-state index in [1.165, 1.54) is 6.07 Å². The van der Waals surface area contributed by atoms with Crippen LogP contribution in [0.4, 0.5) is 4.39 Å². The van der Waals surface area contributed by atoms with Gasteiger partial charge < -0.3 is 4.90 Å². The molecular formula is C26H32BrFN4O. The quantitative estimate of drug-likeness (QED) is 0.375. The van der Waals surface area contributed by atoms with Crippen molar-refractivity contribution in [3.63, 3.8) is 0 Å². The lowest BCUT2D eigenvalue weighted by Crippen LogP contribution is -2.35. The molecule has 1 saturated heterocycles. The number of aromatic nitrogens is 3. The number of piperidine rings is 1. The SMILES string of the molecule is Cc1nn(CCCCN2CCC(Cc3cc(F)ccc3Br)CC2)c(=O)n1Cc1ccccc1. The summed E-state index contributed by atoms with van der Waals surface area (Å²) in [6.07, 6.45) is 5.21. The Kier molecular flexibility index (Phi) is 8.15. The number of aryl methyl sites for hydroxylation is 2. The number of unbranched alkanes of at least 4 members (excludes halogenated alkanes) is 1. The summed E-state index contributed by atoms with van der Waals surface area (Å²) in [6, 6.07) is 15.0. The first-order chi connectivity index (χ1) is 16.0. The average Bonchev–Trinajstić information content (AvgIpc) is 3.08. The normalized spacial score (nSPS) is 15.2. The molecule has 0 spiro atoms. The van der Waals surface area contributed by atoms with Crippen molar-refractivity contribution >= 4 is 15.9 Å². The lowest BCUT2D eigenvalue weighted by atomic mass is 9.90. The molecule has 33 heavy (non-hydrogen) atoms. The maximum atomic E-state index is 13.5. The highest BCUT2D eigenvalue weighted by molar-refractivity contribution is 9.10.